The van der Waals surface area contributed by atoms with Crippen LogP contribution in [0.2, 0.25) is 0 Å². The number of benzene rings is 1. The number of nitrogens with zero attached hydrogens (tertiary/aromatic N) is 7. The number of aliphatic hydroxyl groups is 2. The fourth-order valence-corrected chi connectivity index (χ4v) is 5.00. The number of carbonyl (C=O) groups is 1. The maximum Gasteiger partial charge on any atom is 0.179 e. The Balaban J connectivity index is 1.45. The number of imidazole rings is 1. The van der Waals surface area contributed by atoms with E-state index < -0.39 is 64.5 Å². The number of nitrogens with one attached hydrogen (secondary N) is 1. The second-order valence-corrected chi connectivity index (χ2v) is 8.96. The molecule has 0 radical (unpaired) electrons. The number of ether oxygens (including phenoxy) is 1. The number of carbonyl (C=O) groups excluding carboxylic acids is 1. The Morgan fingerprint density at radius 1 is 1.30 bits per heavy atom. The molecule has 3 aromatic rings. The third-order valence-electron chi connectivity index (χ3n) is 5.92. The van der Waals surface area contributed by atoms with Crippen molar-refractivity contribution in [2.24, 2.45) is 5.11 Å². The van der Waals surface area contributed by atoms with Crippen molar-refractivity contribution in [3.8, 4) is 0 Å². The fourth-order valence-electron chi connectivity index (χ4n) is 4.16. The summed E-state index contributed by atoms with van der Waals surface area (Å²) < 4.78 is 64.3. The van der Waals surface area contributed by atoms with E-state index >= 15 is 0 Å². The first-order valence-electron chi connectivity index (χ1n) is 10.7. The van der Waals surface area contributed by atoms with E-state index in [0.717, 1.165) is 11.8 Å². The molecule has 4 heterocycles. The van der Waals surface area contributed by atoms with E-state index in [4.69, 9.17) is 10.3 Å². The second kappa shape index (κ2) is 9.68. The highest BCUT2D eigenvalue weighted by molar-refractivity contribution is 7.99. The van der Waals surface area contributed by atoms with E-state index in [1.54, 1.807) is 4.90 Å². The van der Waals surface area contributed by atoms with E-state index in [2.05, 4.69) is 25.3 Å². The number of aliphatic hydroxyl groups excluding tert-OH is 2. The number of azide groups is 1. The Bertz CT molecular complexity index is 1440. The van der Waals surface area contributed by atoms with Gasteiger partial charge in [0.25, 0.3) is 0 Å². The summed E-state index contributed by atoms with van der Waals surface area (Å²) >= 11 is 0.735. The molecule has 194 valence electrons. The van der Waals surface area contributed by atoms with Crippen LogP contribution in [0, 0.1) is 23.3 Å². The zero-order valence-electron chi connectivity index (χ0n) is 18.5. The van der Waals surface area contributed by atoms with Gasteiger partial charge in [-0.05, 0) is 5.53 Å². The number of halogens is 4. The summed E-state index contributed by atoms with van der Waals surface area (Å²) in [5.41, 5.74) is 6.33. The minimum absolute atomic E-state index is 0.165. The molecule has 12 nitrogen and oxygen atoms in total. The largest absolute Gasteiger partial charge is 0.394 e. The van der Waals surface area contributed by atoms with Crippen molar-refractivity contribution in [3.63, 3.8) is 0 Å². The van der Waals surface area contributed by atoms with E-state index in [-0.39, 0.29) is 24.9 Å². The standard InChI is InChI=1S/C20H16F4N8O4S/c21-12-11(13(22)15(24)16(14(12)23)29-30-25)8(35)5-37-20-28-19-17(18-26-1-2-31(18)20)27-6-32(19)10-3-7(34)9(4-33)36-10/h1-2,7,9-10,27,33-34H,3-6H2/t7-,9+,10+/m0/s1. The highest BCUT2D eigenvalue weighted by atomic mass is 32.2. The molecule has 37 heavy (non-hydrogen) atoms. The molecule has 0 bridgehead atoms. The number of aromatic nitrogens is 3. The van der Waals surface area contributed by atoms with Crippen molar-refractivity contribution in [1.29, 1.82) is 0 Å². The second-order valence-electron chi connectivity index (χ2n) is 8.01. The molecule has 0 unspecified atom stereocenters. The topological polar surface area (TPSA) is 161 Å². The van der Waals surface area contributed by atoms with Gasteiger partial charge in [-0.3, -0.25) is 9.20 Å². The van der Waals surface area contributed by atoms with Gasteiger partial charge >= 0.3 is 0 Å². The lowest BCUT2D eigenvalue weighted by molar-refractivity contribution is -0.0218. The summed E-state index contributed by atoms with van der Waals surface area (Å²) in [5.74, 6) is -9.51. The van der Waals surface area contributed by atoms with Crippen LogP contribution < -0.4 is 10.2 Å². The van der Waals surface area contributed by atoms with Crippen LogP contribution in [-0.4, -0.2) is 67.8 Å². The third-order valence-corrected chi connectivity index (χ3v) is 6.87. The normalized spacial score (nSPS) is 20.7. The lowest BCUT2D eigenvalue weighted by atomic mass is 10.1. The van der Waals surface area contributed by atoms with Crippen LogP contribution in [0.25, 0.3) is 16.1 Å². The van der Waals surface area contributed by atoms with Crippen molar-refractivity contribution < 1.29 is 37.3 Å². The first-order valence-corrected chi connectivity index (χ1v) is 11.6. The molecular formula is C20H16F4N8O4S. The molecular weight excluding hydrogens is 524 g/mol. The predicted octanol–water partition coefficient (Wildman–Crippen LogP) is 2.86. The molecule has 1 fully saturated rings. The maximum absolute atomic E-state index is 14.4. The number of rotatable bonds is 7. The number of hydrogen-bond acceptors (Lipinski definition) is 10. The molecule has 1 saturated heterocycles. The smallest absolute Gasteiger partial charge is 0.179 e. The van der Waals surface area contributed by atoms with Crippen molar-refractivity contribution in [2.45, 2.75) is 30.0 Å². The Morgan fingerprint density at radius 3 is 2.68 bits per heavy atom. The fraction of sp³-hybridized carbons (Fsp3) is 0.350. The number of hydrogen-bond donors (Lipinski definition) is 3. The molecule has 1 aromatic carbocycles. The quantitative estimate of drug-likeness (QED) is 0.0598. The zero-order chi connectivity index (χ0) is 26.4. The summed E-state index contributed by atoms with van der Waals surface area (Å²) in [6.07, 6.45) is 0.892. The summed E-state index contributed by atoms with van der Waals surface area (Å²) in [5, 5.41) is 25.4. The summed E-state index contributed by atoms with van der Waals surface area (Å²) in [6, 6.07) is 0. The summed E-state index contributed by atoms with van der Waals surface area (Å²) in [7, 11) is 0. The monoisotopic (exact) mass is 540 g/mol. The van der Waals surface area contributed by atoms with Crippen LogP contribution in [0.1, 0.15) is 16.8 Å². The number of ketones is 1. The number of anilines is 2. The minimum Gasteiger partial charge on any atom is -0.394 e. The SMILES string of the molecule is [N-]=[N+]=Nc1c(F)c(F)c(C(=O)CSc2nc3c(c4nccn24)NCN3[C@H]2C[C@H](O)[C@@H](CO)O2)c(F)c1F. The average molecular weight is 540 g/mol. The number of fused-ring (bicyclic) bond motifs is 3. The van der Waals surface area contributed by atoms with Gasteiger partial charge in [-0.15, -0.1) is 0 Å². The van der Waals surface area contributed by atoms with E-state index in [0.29, 0.717) is 17.2 Å². The van der Waals surface area contributed by atoms with Gasteiger partial charge in [0, 0.05) is 23.7 Å². The van der Waals surface area contributed by atoms with Crippen LogP contribution in [0.4, 0.5) is 34.8 Å². The Morgan fingerprint density at radius 2 is 2.03 bits per heavy atom. The highest BCUT2D eigenvalue weighted by Gasteiger charge is 2.40. The van der Waals surface area contributed by atoms with Crippen LogP contribution in [0.5, 0.6) is 0 Å². The average Bonchev–Trinajstić information content (AvgIpc) is 3.61. The van der Waals surface area contributed by atoms with Crippen LogP contribution in [0.15, 0.2) is 22.7 Å². The number of thioether (sulfide) groups is 1. The molecule has 0 saturated carbocycles. The third kappa shape index (κ3) is 4.10. The van der Waals surface area contributed by atoms with Crippen molar-refractivity contribution >= 4 is 40.4 Å². The molecule has 2 aliphatic rings. The van der Waals surface area contributed by atoms with Crippen LogP contribution >= 0.6 is 11.8 Å². The van der Waals surface area contributed by atoms with Crippen molar-refractivity contribution in [1.82, 2.24) is 14.4 Å². The minimum atomic E-state index is -1.99. The van der Waals surface area contributed by atoms with Gasteiger partial charge in [0.15, 0.2) is 45.7 Å². The lowest BCUT2D eigenvalue weighted by Gasteiger charge is -2.24. The van der Waals surface area contributed by atoms with Gasteiger partial charge < -0.3 is 25.2 Å². The Labute approximate surface area is 208 Å². The number of Topliss-reactive ketones (excluding diaryl/α,β-unsaturated/α-hetero) is 1. The predicted molar refractivity (Wildman–Crippen MR) is 120 cm³/mol. The molecule has 17 heteroatoms. The first-order chi connectivity index (χ1) is 17.8. The molecule has 5 rings (SSSR count). The Hall–Kier alpha value is -3.63. The van der Waals surface area contributed by atoms with E-state index in [1.807, 2.05) is 0 Å². The molecule has 0 aliphatic carbocycles. The van der Waals surface area contributed by atoms with Gasteiger partial charge in [0.05, 0.1) is 30.7 Å². The molecule has 3 atom stereocenters. The maximum atomic E-state index is 14.4. The summed E-state index contributed by atoms with van der Waals surface area (Å²) in [4.78, 5) is 25.2. The molecule has 2 aromatic heterocycles. The van der Waals surface area contributed by atoms with Crippen molar-refractivity contribution in [3.05, 3.63) is 51.7 Å². The van der Waals surface area contributed by atoms with Gasteiger partial charge in [0.2, 0.25) is 0 Å². The lowest BCUT2D eigenvalue weighted by Crippen LogP contribution is -2.36. The molecule has 3 N–H and O–H groups in total. The van der Waals surface area contributed by atoms with E-state index in [1.165, 1.54) is 16.8 Å². The summed E-state index contributed by atoms with van der Waals surface area (Å²) in [6.45, 7) is -0.139. The Kier molecular flexibility index (Phi) is 6.55. The van der Waals surface area contributed by atoms with Crippen LogP contribution in [-0.2, 0) is 4.74 Å². The highest BCUT2D eigenvalue weighted by Crippen LogP contribution is 2.39. The van der Waals surface area contributed by atoms with Gasteiger partial charge in [-0.2, -0.15) is 0 Å². The first kappa shape index (κ1) is 25.0. The molecule has 0 spiro atoms. The van der Waals surface area contributed by atoms with Gasteiger partial charge in [-0.1, -0.05) is 16.9 Å². The van der Waals surface area contributed by atoms with Gasteiger partial charge in [-0.25, -0.2) is 27.5 Å². The van der Waals surface area contributed by atoms with Crippen molar-refractivity contribution in [2.75, 3.05) is 29.2 Å². The van der Waals surface area contributed by atoms with E-state index in [9.17, 15) is 32.6 Å². The zero-order valence-corrected chi connectivity index (χ0v) is 19.3. The van der Waals surface area contributed by atoms with Gasteiger partial charge in [0.1, 0.15) is 23.7 Å². The molecule has 0 amide bonds. The van der Waals surface area contributed by atoms with Crippen LogP contribution in [0.3, 0.4) is 0 Å². The molecule has 2 aliphatic heterocycles.